The van der Waals surface area contributed by atoms with E-state index in [0.29, 0.717) is 49.5 Å². The molecule has 3 aromatic rings. The summed E-state index contributed by atoms with van der Waals surface area (Å²) in [6.45, 7) is 5.22. The molecule has 2 N–H and O–H groups in total. The molecule has 190 valence electrons. The van der Waals surface area contributed by atoms with Crippen molar-refractivity contribution in [2.75, 3.05) is 25.1 Å². The third-order valence-electron chi connectivity index (χ3n) is 6.41. The molecule has 0 saturated carbocycles. The molecule has 1 fully saturated rings. The number of esters is 1. The number of nitrogens with one attached hydrogen (secondary N) is 2. The standard InChI is InChI=1S/C26H32N6O4/c1-17(2)21(25(34)36-3)30-26(35)28-19-11-14-31(15-12-19)23-24(33)32(16-18-8-5-4-6-9-18)22-20(29-23)10-7-13-27-22/h4-10,13,17,19,21H,11-12,14-16H2,1-3H3,(H2,28,30,35)/t21-/m1/s1. The number of hydrogen-bond acceptors (Lipinski definition) is 7. The topological polar surface area (TPSA) is 118 Å². The molecule has 1 aliphatic heterocycles. The smallest absolute Gasteiger partial charge is 0.328 e. The molecular weight excluding hydrogens is 460 g/mol. The van der Waals surface area contributed by atoms with Crippen molar-refractivity contribution in [2.24, 2.45) is 5.92 Å². The largest absolute Gasteiger partial charge is 0.467 e. The Morgan fingerprint density at radius 1 is 1.11 bits per heavy atom. The van der Waals surface area contributed by atoms with Crippen LogP contribution in [-0.2, 0) is 16.1 Å². The first-order valence-electron chi connectivity index (χ1n) is 12.2. The van der Waals surface area contributed by atoms with Gasteiger partial charge in [0.05, 0.1) is 13.7 Å². The van der Waals surface area contributed by atoms with Crippen LogP contribution in [-0.4, -0.2) is 58.8 Å². The van der Waals surface area contributed by atoms with Crippen LogP contribution in [0.5, 0.6) is 0 Å². The van der Waals surface area contributed by atoms with Gasteiger partial charge in [-0.3, -0.25) is 9.36 Å². The number of carbonyl (C=O) groups is 2. The molecule has 0 unspecified atom stereocenters. The predicted molar refractivity (Wildman–Crippen MR) is 137 cm³/mol. The highest BCUT2D eigenvalue weighted by Gasteiger charge is 2.28. The normalized spacial score (nSPS) is 15.1. The molecule has 1 aliphatic rings. The number of pyridine rings is 1. The van der Waals surface area contributed by atoms with Crippen LogP contribution in [0.2, 0.25) is 0 Å². The van der Waals surface area contributed by atoms with E-state index in [9.17, 15) is 14.4 Å². The van der Waals surface area contributed by atoms with E-state index in [1.165, 1.54) is 7.11 Å². The number of rotatable bonds is 7. The molecule has 3 heterocycles. The van der Waals surface area contributed by atoms with Crippen molar-refractivity contribution < 1.29 is 14.3 Å². The van der Waals surface area contributed by atoms with Gasteiger partial charge in [-0.2, -0.15) is 0 Å². The second-order valence-electron chi connectivity index (χ2n) is 9.28. The predicted octanol–water partition coefficient (Wildman–Crippen LogP) is 2.31. The maximum absolute atomic E-state index is 13.5. The van der Waals surface area contributed by atoms with Gasteiger partial charge in [-0.05, 0) is 36.5 Å². The number of carbonyl (C=O) groups excluding carboxylic acids is 2. The van der Waals surface area contributed by atoms with Gasteiger partial charge in [-0.15, -0.1) is 0 Å². The number of piperidine rings is 1. The van der Waals surface area contributed by atoms with E-state index < -0.39 is 18.0 Å². The van der Waals surface area contributed by atoms with Crippen molar-refractivity contribution >= 4 is 29.0 Å². The van der Waals surface area contributed by atoms with E-state index in [2.05, 4.69) is 20.6 Å². The van der Waals surface area contributed by atoms with Crippen molar-refractivity contribution in [3.63, 3.8) is 0 Å². The van der Waals surface area contributed by atoms with Crippen molar-refractivity contribution in [3.8, 4) is 0 Å². The molecule has 1 saturated heterocycles. The van der Waals surface area contributed by atoms with Gasteiger partial charge in [0.1, 0.15) is 11.6 Å². The van der Waals surface area contributed by atoms with Crippen molar-refractivity contribution in [2.45, 2.75) is 45.3 Å². The van der Waals surface area contributed by atoms with E-state index in [0.717, 1.165) is 5.56 Å². The van der Waals surface area contributed by atoms with Crippen LogP contribution >= 0.6 is 0 Å². The Morgan fingerprint density at radius 3 is 2.50 bits per heavy atom. The fourth-order valence-electron chi connectivity index (χ4n) is 4.41. The summed E-state index contributed by atoms with van der Waals surface area (Å²) in [6, 6.07) is 12.3. The van der Waals surface area contributed by atoms with Crippen molar-refractivity contribution in [3.05, 3.63) is 64.6 Å². The van der Waals surface area contributed by atoms with E-state index in [4.69, 9.17) is 4.74 Å². The summed E-state index contributed by atoms with van der Waals surface area (Å²) in [7, 11) is 1.30. The number of nitrogens with zero attached hydrogens (tertiary/aromatic N) is 4. The average Bonchev–Trinajstić information content (AvgIpc) is 2.89. The molecule has 36 heavy (non-hydrogen) atoms. The third-order valence-corrected chi connectivity index (χ3v) is 6.41. The SMILES string of the molecule is COC(=O)[C@H](NC(=O)NC1CCN(c2nc3cccnc3n(Cc3ccccc3)c2=O)CC1)C(C)C. The van der Waals surface area contributed by atoms with Crippen LogP contribution in [0, 0.1) is 5.92 Å². The zero-order valence-electron chi connectivity index (χ0n) is 20.8. The fraction of sp³-hybridized carbons (Fsp3) is 0.423. The van der Waals surface area contributed by atoms with Gasteiger partial charge >= 0.3 is 12.0 Å². The average molecular weight is 493 g/mol. The number of ether oxygens (including phenoxy) is 1. The third kappa shape index (κ3) is 5.64. The van der Waals surface area contributed by atoms with Gasteiger partial charge in [0, 0.05) is 25.3 Å². The molecule has 4 rings (SSSR count). The number of methoxy groups -OCH3 is 1. The van der Waals surface area contributed by atoms with Crippen LogP contribution < -0.4 is 21.1 Å². The van der Waals surface area contributed by atoms with Crippen molar-refractivity contribution in [1.29, 1.82) is 0 Å². The summed E-state index contributed by atoms with van der Waals surface area (Å²) in [5.74, 6) is -0.185. The number of fused-ring (bicyclic) bond motifs is 1. The second-order valence-corrected chi connectivity index (χ2v) is 9.28. The lowest BCUT2D eigenvalue weighted by Crippen LogP contribution is -2.53. The Balaban J connectivity index is 1.47. The summed E-state index contributed by atoms with van der Waals surface area (Å²) in [6.07, 6.45) is 2.95. The Hall–Kier alpha value is -3.95. The Kier molecular flexibility index (Phi) is 7.82. The van der Waals surface area contributed by atoms with Crippen LogP contribution in [0.25, 0.3) is 11.2 Å². The number of hydrogen-bond donors (Lipinski definition) is 2. The second kappa shape index (κ2) is 11.2. The Labute approximate surface area is 209 Å². The van der Waals surface area contributed by atoms with Gasteiger partial charge in [0.15, 0.2) is 11.5 Å². The van der Waals surface area contributed by atoms with Crippen LogP contribution in [0.3, 0.4) is 0 Å². The molecule has 0 spiro atoms. The highest BCUT2D eigenvalue weighted by Crippen LogP contribution is 2.19. The lowest BCUT2D eigenvalue weighted by atomic mass is 10.0. The number of anilines is 1. The molecule has 0 radical (unpaired) electrons. The number of amides is 2. The molecule has 2 amide bonds. The lowest BCUT2D eigenvalue weighted by Gasteiger charge is -2.33. The first kappa shape index (κ1) is 25.2. The Morgan fingerprint density at radius 2 is 1.83 bits per heavy atom. The highest BCUT2D eigenvalue weighted by atomic mass is 16.5. The molecular formula is C26H32N6O4. The minimum Gasteiger partial charge on any atom is -0.467 e. The minimum atomic E-state index is -0.714. The summed E-state index contributed by atoms with van der Waals surface area (Å²) >= 11 is 0. The van der Waals surface area contributed by atoms with Crippen LogP contribution in [0.4, 0.5) is 10.6 Å². The molecule has 10 nitrogen and oxygen atoms in total. The van der Waals surface area contributed by atoms with Crippen LogP contribution in [0.15, 0.2) is 53.5 Å². The summed E-state index contributed by atoms with van der Waals surface area (Å²) in [5, 5.41) is 5.65. The van der Waals surface area contributed by atoms with Gasteiger partial charge in [0.2, 0.25) is 0 Å². The molecule has 0 aliphatic carbocycles. The van der Waals surface area contributed by atoms with Crippen molar-refractivity contribution in [1.82, 2.24) is 25.2 Å². The van der Waals surface area contributed by atoms with E-state index in [1.54, 1.807) is 10.8 Å². The van der Waals surface area contributed by atoms with Crippen LogP contribution in [0.1, 0.15) is 32.3 Å². The van der Waals surface area contributed by atoms with E-state index in [-0.39, 0.29) is 17.5 Å². The highest BCUT2D eigenvalue weighted by molar-refractivity contribution is 5.83. The quantitative estimate of drug-likeness (QED) is 0.486. The molecule has 1 atom stereocenters. The number of urea groups is 1. The zero-order chi connectivity index (χ0) is 25.7. The summed E-state index contributed by atoms with van der Waals surface area (Å²) < 4.78 is 6.46. The maximum Gasteiger partial charge on any atom is 0.328 e. The monoisotopic (exact) mass is 492 g/mol. The first-order chi connectivity index (χ1) is 17.4. The molecule has 10 heteroatoms. The maximum atomic E-state index is 13.5. The van der Waals surface area contributed by atoms with E-state index >= 15 is 0 Å². The molecule has 2 aromatic heterocycles. The lowest BCUT2D eigenvalue weighted by molar-refractivity contribution is -0.144. The Bertz CT molecular complexity index is 1270. The fourth-order valence-corrected chi connectivity index (χ4v) is 4.41. The number of aromatic nitrogens is 3. The molecule has 0 bridgehead atoms. The number of benzene rings is 1. The molecule has 1 aromatic carbocycles. The van der Waals surface area contributed by atoms with E-state index in [1.807, 2.05) is 61.2 Å². The first-order valence-corrected chi connectivity index (χ1v) is 12.2. The van der Waals surface area contributed by atoms with Gasteiger partial charge in [0.25, 0.3) is 5.56 Å². The van der Waals surface area contributed by atoms with Gasteiger partial charge < -0.3 is 20.3 Å². The van der Waals surface area contributed by atoms with Gasteiger partial charge in [-0.1, -0.05) is 44.2 Å². The zero-order valence-corrected chi connectivity index (χ0v) is 20.8. The van der Waals surface area contributed by atoms with Gasteiger partial charge in [-0.25, -0.2) is 19.6 Å². The summed E-state index contributed by atoms with van der Waals surface area (Å²) in [4.78, 5) is 49.0. The minimum absolute atomic E-state index is 0.0830. The summed E-state index contributed by atoms with van der Waals surface area (Å²) in [5.41, 5.74) is 2.02.